The maximum absolute atomic E-state index is 13.0. The van der Waals surface area contributed by atoms with E-state index in [-0.39, 0.29) is 16.9 Å². The Bertz CT molecular complexity index is 583. The second kappa shape index (κ2) is 3.85. The first-order valence-electron chi connectivity index (χ1n) is 9.18. The van der Waals surface area contributed by atoms with Gasteiger partial charge in [0.2, 0.25) is 0 Å². The molecule has 0 bridgehead atoms. The first-order valence-corrected chi connectivity index (χ1v) is 9.18. The summed E-state index contributed by atoms with van der Waals surface area (Å²) in [6.45, 7) is 4.51. The molecule has 22 heavy (non-hydrogen) atoms. The van der Waals surface area contributed by atoms with Gasteiger partial charge in [-0.25, -0.2) is 0 Å². The molecule has 5 rings (SSSR count). The first-order chi connectivity index (χ1) is 10.4. The van der Waals surface area contributed by atoms with Gasteiger partial charge in [-0.3, -0.25) is 9.59 Å². The monoisotopic (exact) mass is 302 g/mol. The van der Waals surface area contributed by atoms with E-state index in [1.54, 1.807) is 0 Å². The van der Waals surface area contributed by atoms with Crippen molar-refractivity contribution in [3.8, 4) is 0 Å². The van der Waals surface area contributed by atoms with Gasteiger partial charge < -0.3 is 4.74 Å². The predicted molar refractivity (Wildman–Crippen MR) is 81.2 cm³/mol. The van der Waals surface area contributed by atoms with Crippen molar-refractivity contribution in [1.29, 1.82) is 0 Å². The van der Waals surface area contributed by atoms with E-state index in [1.807, 2.05) is 0 Å². The number of fused-ring (bicyclic) bond motifs is 4. The van der Waals surface area contributed by atoms with Crippen LogP contribution in [0.4, 0.5) is 0 Å². The Morgan fingerprint density at radius 2 is 1.82 bits per heavy atom. The fraction of sp³-hybridized carbons (Fsp3) is 0.895. The van der Waals surface area contributed by atoms with Crippen LogP contribution in [0.3, 0.4) is 0 Å². The van der Waals surface area contributed by atoms with Gasteiger partial charge in [-0.1, -0.05) is 20.3 Å². The molecule has 5 aliphatic rings. The van der Waals surface area contributed by atoms with Crippen LogP contribution in [0.15, 0.2) is 0 Å². The third-order valence-electron chi connectivity index (χ3n) is 8.54. The van der Waals surface area contributed by atoms with E-state index in [4.69, 9.17) is 4.74 Å². The molecule has 120 valence electrons. The number of ether oxygens (including phenoxy) is 1. The molecule has 4 saturated carbocycles. The van der Waals surface area contributed by atoms with Crippen LogP contribution in [0.1, 0.15) is 65.2 Å². The van der Waals surface area contributed by atoms with Crippen LogP contribution in [-0.4, -0.2) is 23.3 Å². The second-order valence-corrected chi connectivity index (χ2v) is 9.07. The molecule has 0 N–H and O–H groups in total. The van der Waals surface area contributed by atoms with Gasteiger partial charge in [0.05, 0.1) is 6.10 Å². The Morgan fingerprint density at radius 1 is 1.00 bits per heavy atom. The second-order valence-electron chi connectivity index (χ2n) is 9.07. The lowest BCUT2D eigenvalue weighted by atomic mass is 9.45. The lowest BCUT2D eigenvalue weighted by molar-refractivity contribution is -0.156. The standard InChI is InChI=1S/C19H26O3/c1-17-9-7-13-11(12(17)5-6-14(17)20)10-15(21)19-16(22-19)4-3-8-18(13,19)2/h11-13,16H,3-10H2,1-2H3/t11-,12-,13-,16-,17-,18+,19-/m0/s1. The van der Waals surface area contributed by atoms with E-state index in [2.05, 4.69) is 13.8 Å². The summed E-state index contributed by atoms with van der Waals surface area (Å²) >= 11 is 0. The fourth-order valence-electron chi connectivity index (χ4n) is 7.32. The fourth-order valence-corrected chi connectivity index (χ4v) is 7.32. The van der Waals surface area contributed by atoms with Gasteiger partial charge >= 0.3 is 0 Å². The molecule has 0 aromatic rings. The Balaban J connectivity index is 1.57. The van der Waals surface area contributed by atoms with Crippen molar-refractivity contribution >= 4 is 11.6 Å². The topological polar surface area (TPSA) is 46.7 Å². The molecule has 5 fully saturated rings. The van der Waals surface area contributed by atoms with Gasteiger partial charge in [0.15, 0.2) is 11.4 Å². The van der Waals surface area contributed by atoms with E-state index < -0.39 is 5.60 Å². The molecule has 7 atom stereocenters. The lowest BCUT2D eigenvalue weighted by Gasteiger charge is -2.57. The number of hydrogen-bond acceptors (Lipinski definition) is 3. The summed E-state index contributed by atoms with van der Waals surface area (Å²) in [6, 6.07) is 0. The van der Waals surface area contributed by atoms with E-state index in [1.165, 1.54) is 6.42 Å². The molecular weight excluding hydrogens is 276 g/mol. The van der Waals surface area contributed by atoms with Gasteiger partial charge in [-0.2, -0.15) is 0 Å². The zero-order valence-electron chi connectivity index (χ0n) is 13.7. The first kappa shape index (κ1) is 13.7. The molecule has 1 spiro atoms. The van der Waals surface area contributed by atoms with Crippen molar-refractivity contribution < 1.29 is 14.3 Å². The minimum Gasteiger partial charge on any atom is -0.357 e. The molecule has 1 heterocycles. The smallest absolute Gasteiger partial charge is 0.168 e. The number of hydrogen-bond donors (Lipinski definition) is 0. The van der Waals surface area contributed by atoms with E-state index >= 15 is 0 Å². The molecule has 4 aliphatic carbocycles. The zero-order chi connectivity index (χ0) is 15.3. The number of carbonyl (C=O) groups excluding carboxylic acids is 2. The largest absolute Gasteiger partial charge is 0.357 e. The number of epoxide rings is 1. The minimum atomic E-state index is -0.428. The zero-order valence-corrected chi connectivity index (χ0v) is 13.7. The molecule has 0 unspecified atom stereocenters. The Labute approximate surface area is 132 Å². The summed E-state index contributed by atoms with van der Waals surface area (Å²) in [5.41, 5.74) is -0.535. The predicted octanol–water partition coefficient (Wildman–Crippen LogP) is 3.30. The van der Waals surface area contributed by atoms with Gasteiger partial charge in [-0.15, -0.1) is 0 Å². The van der Waals surface area contributed by atoms with Gasteiger partial charge in [0.1, 0.15) is 5.78 Å². The van der Waals surface area contributed by atoms with Crippen molar-refractivity contribution in [2.45, 2.75) is 76.9 Å². The van der Waals surface area contributed by atoms with Gasteiger partial charge in [-0.05, 0) is 49.9 Å². The maximum Gasteiger partial charge on any atom is 0.168 e. The van der Waals surface area contributed by atoms with Crippen molar-refractivity contribution in [2.24, 2.45) is 28.6 Å². The van der Waals surface area contributed by atoms with Crippen molar-refractivity contribution in [3.05, 3.63) is 0 Å². The average molecular weight is 302 g/mol. The lowest BCUT2D eigenvalue weighted by Crippen LogP contribution is -2.61. The van der Waals surface area contributed by atoms with Crippen LogP contribution in [0.2, 0.25) is 0 Å². The highest BCUT2D eigenvalue weighted by molar-refractivity contribution is 5.94. The van der Waals surface area contributed by atoms with Crippen LogP contribution in [-0.2, 0) is 14.3 Å². The molecule has 1 saturated heterocycles. The highest BCUT2D eigenvalue weighted by atomic mass is 16.6. The third-order valence-corrected chi connectivity index (χ3v) is 8.54. The summed E-state index contributed by atoms with van der Waals surface area (Å²) < 4.78 is 6.07. The van der Waals surface area contributed by atoms with Crippen molar-refractivity contribution in [1.82, 2.24) is 0 Å². The van der Waals surface area contributed by atoms with Gasteiger partial charge in [0, 0.05) is 23.7 Å². The Hall–Kier alpha value is -0.700. The highest BCUT2D eigenvalue weighted by Gasteiger charge is 2.78. The molecular formula is C19H26O3. The van der Waals surface area contributed by atoms with Crippen LogP contribution in [0.5, 0.6) is 0 Å². The summed E-state index contributed by atoms with van der Waals surface area (Å²) in [7, 11) is 0. The quantitative estimate of drug-likeness (QED) is 0.645. The number of rotatable bonds is 0. The SMILES string of the molecule is C[C@]12CC[C@H]3[C@@H](CC(=O)[C@]45O[C@H]4CCC[C@]35C)[C@@H]1CCC2=O. The number of Topliss-reactive ketones (excluding diaryl/α,β-unsaturated/α-hetero) is 2. The normalized spacial score (nSPS) is 59.4. The van der Waals surface area contributed by atoms with E-state index in [0.29, 0.717) is 35.7 Å². The number of ketones is 2. The molecule has 0 amide bonds. The summed E-state index contributed by atoms with van der Waals surface area (Å²) in [6.07, 6.45) is 8.17. The molecule has 1 aliphatic heterocycles. The van der Waals surface area contributed by atoms with E-state index in [0.717, 1.165) is 38.5 Å². The number of carbonyl (C=O) groups is 2. The Morgan fingerprint density at radius 3 is 2.64 bits per heavy atom. The summed E-state index contributed by atoms with van der Waals surface area (Å²) in [4.78, 5) is 25.4. The summed E-state index contributed by atoms with van der Waals surface area (Å²) in [5, 5.41) is 0. The molecule has 0 radical (unpaired) electrons. The van der Waals surface area contributed by atoms with Crippen molar-refractivity contribution in [3.63, 3.8) is 0 Å². The average Bonchev–Trinajstić information content (AvgIpc) is 3.15. The maximum atomic E-state index is 13.0. The van der Waals surface area contributed by atoms with E-state index in [9.17, 15) is 9.59 Å². The van der Waals surface area contributed by atoms with Gasteiger partial charge in [0.25, 0.3) is 0 Å². The van der Waals surface area contributed by atoms with Crippen LogP contribution in [0, 0.1) is 28.6 Å². The Kier molecular flexibility index (Phi) is 2.40. The highest BCUT2D eigenvalue weighted by Crippen LogP contribution is 2.71. The summed E-state index contributed by atoms with van der Waals surface area (Å²) in [5.74, 6) is 2.27. The molecule has 3 nitrogen and oxygen atoms in total. The van der Waals surface area contributed by atoms with Crippen molar-refractivity contribution in [2.75, 3.05) is 0 Å². The van der Waals surface area contributed by atoms with Crippen LogP contribution >= 0.6 is 0 Å². The van der Waals surface area contributed by atoms with Crippen LogP contribution in [0.25, 0.3) is 0 Å². The minimum absolute atomic E-state index is 0.0306. The third kappa shape index (κ3) is 1.27. The molecule has 0 aromatic carbocycles. The van der Waals surface area contributed by atoms with Crippen LogP contribution < -0.4 is 0 Å². The molecule has 3 heteroatoms. The molecule has 0 aromatic heterocycles.